The molecule has 0 aliphatic heterocycles. The van der Waals surface area contributed by atoms with Gasteiger partial charge in [0.25, 0.3) is 0 Å². The average molecular weight is 235 g/mol. The van der Waals surface area contributed by atoms with Crippen molar-refractivity contribution < 1.29 is 0 Å². The quantitative estimate of drug-likeness (QED) is 0.815. The van der Waals surface area contributed by atoms with Crippen molar-refractivity contribution in [3.8, 4) is 10.7 Å². The van der Waals surface area contributed by atoms with Crippen LogP contribution in [0.5, 0.6) is 0 Å². The molecule has 0 saturated carbocycles. The van der Waals surface area contributed by atoms with Crippen LogP contribution >= 0.6 is 11.3 Å². The van der Waals surface area contributed by atoms with Gasteiger partial charge in [-0.05, 0) is 24.5 Å². The number of nitrogens with zero attached hydrogens (tertiary/aromatic N) is 3. The smallest absolute Gasteiger partial charge is 0.191 e. The van der Waals surface area contributed by atoms with E-state index in [2.05, 4.69) is 36.1 Å². The molecular formula is C12H17N3S. The summed E-state index contributed by atoms with van der Waals surface area (Å²) in [5, 5.41) is 4.31. The summed E-state index contributed by atoms with van der Waals surface area (Å²) < 4.78 is 1.74. The number of hydrogen-bond acceptors (Lipinski definition) is 3. The van der Waals surface area contributed by atoms with Crippen LogP contribution in [-0.4, -0.2) is 14.8 Å². The SMILES string of the molecule is CCC(C)Cc1ccc(-c2ncn(C)n2)s1. The van der Waals surface area contributed by atoms with Crippen molar-refractivity contribution >= 4 is 11.3 Å². The molecule has 0 aromatic carbocycles. The molecule has 2 aromatic rings. The Balaban J connectivity index is 2.13. The van der Waals surface area contributed by atoms with Crippen LogP contribution in [0, 0.1) is 5.92 Å². The molecule has 0 fully saturated rings. The Morgan fingerprint density at radius 1 is 1.44 bits per heavy atom. The number of hydrogen-bond donors (Lipinski definition) is 0. The van der Waals surface area contributed by atoms with Crippen LogP contribution in [0.15, 0.2) is 18.5 Å². The lowest BCUT2D eigenvalue weighted by atomic mass is 10.0. The highest BCUT2D eigenvalue weighted by molar-refractivity contribution is 7.15. The van der Waals surface area contributed by atoms with Crippen LogP contribution in [0.2, 0.25) is 0 Å². The summed E-state index contributed by atoms with van der Waals surface area (Å²) >= 11 is 1.80. The van der Waals surface area contributed by atoms with E-state index in [0.717, 1.165) is 18.2 Å². The zero-order valence-electron chi connectivity index (χ0n) is 9.97. The lowest BCUT2D eigenvalue weighted by molar-refractivity contribution is 0.565. The zero-order valence-corrected chi connectivity index (χ0v) is 10.8. The van der Waals surface area contributed by atoms with Crippen molar-refractivity contribution in [2.75, 3.05) is 0 Å². The van der Waals surface area contributed by atoms with Crippen LogP contribution in [0.25, 0.3) is 10.7 Å². The minimum absolute atomic E-state index is 0.753. The molecule has 16 heavy (non-hydrogen) atoms. The summed E-state index contributed by atoms with van der Waals surface area (Å²) in [6.45, 7) is 4.53. The van der Waals surface area contributed by atoms with Crippen LogP contribution in [0.3, 0.4) is 0 Å². The molecule has 0 radical (unpaired) electrons. The van der Waals surface area contributed by atoms with Gasteiger partial charge in [0.1, 0.15) is 6.33 Å². The monoisotopic (exact) mass is 235 g/mol. The van der Waals surface area contributed by atoms with Gasteiger partial charge in [0.2, 0.25) is 0 Å². The Labute approximate surface area is 100 Å². The van der Waals surface area contributed by atoms with Crippen molar-refractivity contribution in [1.29, 1.82) is 0 Å². The number of rotatable bonds is 4. The maximum Gasteiger partial charge on any atom is 0.191 e. The molecule has 4 heteroatoms. The molecule has 86 valence electrons. The van der Waals surface area contributed by atoms with E-state index in [0.29, 0.717) is 0 Å². The van der Waals surface area contributed by atoms with Gasteiger partial charge in [0, 0.05) is 11.9 Å². The van der Waals surface area contributed by atoms with Crippen molar-refractivity contribution in [3.05, 3.63) is 23.3 Å². The molecular weight excluding hydrogens is 218 g/mol. The highest BCUT2D eigenvalue weighted by atomic mass is 32.1. The molecule has 0 saturated heterocycles. The van der Waals surface area contributed by atoms with Crippen LogP contribution in [0.4, 0.5) is 0 Å². The van der Waals surface area contributed by atoms with Crippen molar-refractivity contribution in [2.24, 2.45) is 13.0 Å². The Kier molecular flexibility index (Phi) is 3.39. The maximum absolute atomic E-state index is 4.31. The first-order chi connectivity index (χ1) is 7.69. The fourth-order valence-corrected chi connectivity index (χ4v) is 2.66. The summed E-state index contributed by atoms with van der Waals surface area (Å²) in [5.74, 6) is 1.59. The molecule has 0 aliphatic carbocycles. The molecule has 0 bridgehead atoms. The summed E-state index contributed by atoms with van der Waals surface area (Å²) in [6.07, 6.45) is 4.13. The van der Waals surface area contributed by atoms with E-state index >= 15 is 0 Å². The van der Waals surface area contributed by atoms with Gasteiger partial charge in [-0.2, -0.15) is 5.10 Å². The first kappa shape index (κ1) is 11.3. The highest BCUT2D eigenvalue weighted by Crippen LogP contribution is 2.27. The van der Waals surface area contributed by atoms with E-state index in [9.17, 15) is 0 Å². The highest BCUT2D eigenvalue weighted by Gasteiger charge is 2.08. The second-order valence-corrected chi connectivity index (χ2v) is 5.39. The largest absolute Gasteiger partial charge is 0.255 e. The second kappa shape index (κ2) is 4.78. The molecule has 0 N–H and O–H groups in total. The predicted octanol–water partition coefficient (Wildman–Crippen LogP) is 3.13. The van der Waals surface area contributed by atoms with E-state index in [4.69, 9.17) is 0 Å². The first-order valence-corrected chi connectivity index (χ1v) is 6.45. The third-order valence-electron chi connectivity index (χ3n) is 2.73. The fourth-order valence-electron chi connectivity index (χ4n) is 1.55. The molecule has 0 spiro atoms. The number of aromatic nitrogens is 3. The van der Waals surface area contributed by atoms with Gasteiger partial charge < -0.3 is 0 Å². The van der Waals surface area contributed by atoms with Crippen LogP contribution < -0.4 is 0 Å². The summed E-state index contributed by atoms with van der Waals surface area (Å²) in [4.78, 5) is 6.85. The number of thiophene rings is 1. The average Bonchev–Trinajstić information content (AvgIpc) is 2.87. The normalized spacial score (nSPS) is 12.9. The summed E-state index contributed by atoms with van der Waals surface area (Å²) in [5.41, 5.74) is 0. The van der Waals surface area contributed by atoms with Gasteiger partial charge in [-0.1, -0.05) is 20.3 Å². The minimum atomic E-state index is 0.753. The molecule has 2 heterocycles. The van der Waals surface area contributed by atoms with Crippen LogP contribution in [0.1, 0.15) is 25.1 Å². The van der Waals surface area contributed by atoms with Crippen molar-refractivity contribution in [1.82, 2.24) is 14.8 Å². The predicted molar refractivity (Wildman–Crippen MR) is 67.5 cm³/mol. The van der Waals surface area contributed by atoms with Crippen molar-refractivity contribution in [3.63, 3.8) is 0 Å². The fraction of sp³-hybridized carbons (Fsp3) is 0.500. The Morgan fingerprint density at radius 2 is 2.25 bits per heavy atom. The van der Waals surface area contributed by atoms with Crippen molar-refractivity contribution in [2.45, 2.75) is 26.7 Å². The van der Waals surface area contributed by atoms with E-state index in [1.807, 2.05) is 7.05 Å². The van der Waals surface area contributed by atoms with Gasteiger partial charge in [-0.3, -0.25) is 4.68 Å². The van der Waals surface area contributed by atoms with Gasteiger partial charge in [0.05, 0.1) is 4.88 Å². The molecule has 0 aliphatic rings. The summed E-state index contributed by atoms with van der Waals surface area (Å²) in [6, 6.07) is 4.32. The molecule has 1 atom stereocenters. The molecule has 3 nitrogen and oxygen atoms in total. The minimum Gasteiger partial charge on any atom is -0.255 e. The van der Waals surface area contributed by atoms with E-state index in [1.54, 1.807) is 22.3 Å². The lowest BCUT2D eigenvalue weighted by Crippen LogP contribution is -1.94. The van der Waals surface area contributed by atoms with E-state index in [-0.39, 0.29) is 0 Å². The van der Waals surface area contributed by atoms with Gasteiger partial charge in [0.15, 0.2) is 5.82 Å². The molecule has 2 aromatic heterocycles. The number of aryl methyl sites for hydroxylation is 1. The molecule has 0 amide bonds. The Morgan fingerprint density at radius 3 is 2.88 bits per heavy atom. The van der Waals surface area contributed by atoms with Gasteiger partial charge in [-0.15, -0.1) is 11.3 Å². The standard InChI is InChI=1S/C12H17N3S/c1-4-9(2)7-10-5-6-11(16-10)12-13-8-15(3)14-12/h5-6,8-9H,4,7H2,1-3H3. The zero-order chi connectivity index (χ0) is 11.5. The molecule has 2 rings (SSSR count). The first-order valence-electron chi connectivity index (χ1n) is 5.63. The van der Waals surface area contributed by atoms with Crippen LogP contribution in [-0.2, 0) is 13.5 Å². The van der Waals surface area contributed by atoms with Gasteiger partial charge >= 0.3 is 0 Å². The maximum atomic E-state index is 4.31. The topological polar surface area (TPSA) is 30.7 Å². The van der Waals surface area contributed by atoms with E-state index < -0.39 is 0 Å². The van der Waals surface area contributed by atoms with E-state index in [1.165, 1.54) is 16.2 Å². The third kappa shape index (κ3) is 2.50. The van der Waals surface area contributed by atoms with Gasteiger partial charge in [-0.25, -0.2) is 4.98 Å². The third-order valence-corrected chi connectivity index (χ3v) is 3.83. The Hall–Kier alpha value is -1.16. The Bertz CT molecular complexity index is 458. The summed E-state index contributed by atoms with van der Waals surface area (Å²) in [7, 11) is 1.89. The molecule has 1 unspecified atom stereocenters. The lowest BCUT2D eigenvalue weighted by Gasteiger charge is -2.04. The second-order valence-electron chi connectivity index (χ2n) is 4.23.